The topological polar surface area (TPSA) is 40.1 Å². The number of carbonyl (C=O) groups is 1. The van der Waals surface area contributed by atoms with E-state index in [4.69, 9.17) is 0 Å². The summed E-state index contributed by atoms with van der Waals surface area (Å²) in [7, 11) is 0. The minimum atomic E-state index is -0.238. The third-order valence-electron chi connectivity index (χ3n) is 2.01. The Labute approximate surface area is 106 Å². The van der Waals surface area contributed by atoms with Gasteiger partial charge in [0, 0.05) is 5.56 Å². The van der Waals surface area contributed by atoms with E-state index in [1.165, 1.54) is 0 Å². The maximum Gasteiger partial charge on any atom is 1.00 e. The van der Waals surface area contributed by atoms with Crippen LogP contribution < -0.4 is 34.7 Å². The first-order valence-electron chi connectivity index (χ1n) is 4.05. The van der Waals surface area contributed by atoms with Crippen molar-refractivity contribution in [3.63, 3.8) is 0 Å². The van der Waals surface area contributed by atoms with Crippen molar-refractivity contribution in [1.82, 2.24) is 0 Å². The van der Waals surface area contributed by atoms with E-state index < -0.39 is 0 Å². The zero-order valence-corrected chi connectivity index (χ0v) is 10.7. The molecule has 0 unspecified atom stereocenters. The second kappa shape index (κ2) is 6.02. The first kappa shape index (κ1) is 13.4. The zero-order valence-electron chi connectivity index (χ0n) is 8.70. The molecule has 0 spiro atoms. The molecule has 0 bridgehead atoms. The molecule has 0 heterocycles. The van der Waals surface area contributed by atoms with Crippen LogP contribution in [0.5, 0.6) is 0 Å². The van der Waals surface area contributed by atoms with E-state index in [1.54, 1.807) is 12.1 Å². The molecule has 68 valence electrons. The molecule has 0 aliphatic heterocycles. The predicted molar refractivity (Wildman–Crippen MR) is 49.4 cm³/mol. The molecule has 0 aromatic heterocycles. The van der Waals surface area contributed by atoms with Gasteiger partial charge in [0.05, 0.1) is 0 Å². The van der Waals surface area contributed by atoms with Crippen LogP contribution in [0.3, 0.4) is 0 Å². The molecule has 1 rings (SSSR count). The van der Waals surface area contributed by atoms with Crippen molar-refractivity contribution in [3.8, 4) is 0 Å². The largest absolute Gasteiger partial charge is 1.00 e. The maximum atomic E-state index is 11.2. The number of hydrogen-bond donors (Lipinski definition) is 0. The molecule has 14 heavy (non-hydrogen) atoms. The summed E-state index contributed by atoms with van der Waals surface area (Å²) in [4.78, 5) is 11.2. The number of ketones is 1. The normalized spacial score (nSPS) is 9.86. The quantitative estimate of drug-likeness (QED) is 0.247. The van der Waals surface area contributed by atoms with Crippen LogP contribution in [-0.2, 0) is 0 Å². The second-order valence-electron chi connectivity index (χ2n) is 2.97. The SMILES string of the molecule is Cc1ccc(C(=O)/C=C/[O-])cc1C.[Na+]. The average Bonchev–Trinajstić information content (AvgIpc) is 2.10. The Morgan fingerprint density at radius 2 is 1.93 bits per heavy atom. The van der Waals surface area contributed by atoms with E-state index in [1.807, 2.05) is 19.9 Å². The van der Waals surface area contributed by atoms with Crippen molar-refractivity contribution in [2.24, 2.45) is 0 Å². The van der Waals surface area contributed by atoms with Crippen molar-refractivity contribution in [2.75, 3.05) is 0 Å². The van der Waals surface area contributed by atoms with E-state index >= 15 is 0 Å². The monoisotopic (exact) mass is 198 g/mol. The Morgan fingerprint density at radius 3 is 2.43 bits per heavy atom. The van der Waals surface area contributed by atoms with E-state index in [9.17, 15) is 9.90 Å². The fourth-order valence-corrected chi connectivity index (χ4v) is 1.05. The molecule has 0 saturated carbocycles. The van der Waals surface area contributed by atoms with Gasteiger partial charge in [-0.05, 0) is 37.1 Å². The van der Waals surface area contributed by atoms with Gasteiger partial charge in [-0.15, -0.1) is 6.26 Å². The molecule has 0 fully saturated rings. The summed E-state index contributed by atoms with van der Waals surface area (Å²) in [6.45, 7) is 3.92. The minimum absolute atomic E-state index is 0. The van der Waals surface area contributed by atoms with Crippen LogP contribution in [-0.4, -0.2) is 5.78 Å². The molecule has 0 radical (unpaired) electrons. The number of carbonyl (C=O) groups excluding carboxylic acids is 1. The third kappa shape index (κ3) is 3.29. The van der Waals surface area contributed by atoms with Crippen molar-refractivity contribution in [1.29, 1.82) is 0 Å². The zero-order chi connectivity index (χ0) is 9.84. The standard InChI is InChI=1S/C11H12O2.Na/c1-8-3-4-10(7-9(8)2)11(13)5-6-12;/h3-7,12H,1-2H3;/q;+1/p-1/b6-5+;. The van der Waals surface area contributed by atoms with Crippen molar-refractivity contribution in [3.05, 3.63) is 47.2 Å². The summed E-state index contributed by atoms with van der Waals surface area (Å²) < 4.78 is 0. The van der Waals surface area contributed by atoms with Gasteiger partial charge in [-0.3, -0.25) is 4.79 Å². The third-order valence-corrected chi connectivity index (χ3v) is 2.01. The van der Waals surface area contributed by atoms with Crippen LogP contribution in [0.2, 0.25) is 0 Å². The molecular formula is C11H11NaO2. The summed E-state index contributed by atoms with van der Waals surface area (Å²) >= 11 is 0. The summed E-state index contributed by atoms with van der Waals surface area (Å²) in [5.41, 5.74) is 2.77. The molecule has 0 atom stereocenters. The first-order valence-corrected chi connectivity index (χ1v) is 4.05. The fourth-order valence-electron chi connectivity index (χ4n) is 1.05. The molecule has 0 N–H and O–H groups in total. The number of allylic oxidation sites excluding steroid dienone is 1. The van der Waals surface area contributed by atoms with Crippen LogP contribution in [0.25, 0.3) is 0 Å². The Kier molecular flexibility index (Phi) is 5.77. The maximum absolute atomic E-state index is 11.2. The van der Waals surface area contributed by atoms with Gasteiger partial charge >= 0.3 is 29.6 Å². The summed E-state index contributed by atoms with van der Waals surface area (Å²) in [6, 6.07) is 5.39. The number of rotatable bonds is 2. The summed E-state index contributed by atoms with van der Waals surface area (Å²) in [5, 5.41) is 10.1. The predicted octanol–water partition coefficient (Wildman–Crippen LogP) is -1.64. The molecule has 3 heteroatoms. The minimum Gasteiger partial charge on any atom is -0.878 e. The average molecular weight is 198 g/mol. The van der Waals surface area contributed by atoms with E-state index in [0.29, 0.717) is 11.8 Å². The Bertz CT molecular complexity index is 356. The van der Waals surface area contributed by atoms with Gasteiger partial charge < -0.3 is 5.11 Å². The van der Waals surface area contributed by atoms with Gasteiger partial charge in [0.15, 0.2) is 5.78 Å². The first-order chi connectivity index (χ1) is 6.15. The van der Waals surface area contributed by atoms with Crippen molar-refractivity contribution >= 4 is 5.78 Å². The van der Waals surface area contributed by atoms with Gasteiger partial charge in [0.25, 0.3) is 0 Å². The number of hydrogen-bond acceptors (Lipinski definition) is 2. The van der Waals surface area contributed by atoms with Crippen LogP contribution in [0.15, 0.2) is 30.5 Å². The molecule has 2 nitrogen and oxygen atoms in total. The molecule has 0 amide bonds. The van der Waals surface area contributed by atoms with Crippen molar-refractivity contribution < 1.29 is 39.5 Å². The summed E-state index contributed by atoms with van der Waals surface area (Å²) in [6.07, 6.45) is 1.54. The van der Waals surface area contributed by atoms with Gasteiger partial charge in [-0.2, -0.15) is 0 Å². The second-order valence-corrected chi connectivity index (χ2v) is 2.97. The Morgan fingerprint density at radius 1 is 1.29 bits per heavy atom. The van der Waals surface area contributed by atoms with E-state index in [-0.39, 0.29) is 35.3 Å². The van der Waals surface area contributed by atoms with Gasteiger partial charge in [-0.25, -0.2) is 0 Å². The molecule has 0 saturated heterocycles. The Balaban J connectivity index is 0.00000169. The van der Waals surface area contributed by atoms with Gasteiger partial charge in [-0.1, -0.05) is 12.1 Å². The van der Waals surface area contributed by atoms with Gasteiger partial charge in [0.1, 0.15) is 0 Å². The molecule has 0 aliphatic carbocycles. The van der Waals surface area contributed by atoms with Gasteiger partial charge in [0.2, 0.25) is 0 Å². The van der Waals surface area contributed by atoms with E-state index in [2.05, 4.69) is 0 Å². The van der Waals surface area contributed by atoms with Crippen LogP contribution in [0.1, 0.15) is 21.5 Å². The molecular weight excluding hydrogens is 187 g/mol. The Hall–Kier alpha value is -0.570. The molecule has 1 aromatic rings. The molecule has 0 aliphatic rings. The number of benzene rings is 1. The fraction of sp³-hybridized carbons (Fsp3) is 0.182. The van der Waals surface area contributed by atoms with Crippen molar-refractivity contribution in [2.45, 2.75) is 13.8 Å². The van der Waals surface area contributed by atoms with E-state index in [0.717, 1.165) is 17.2 Å². The van der Waals surface area contributed by atoms with Crippen LogP contribution in [0.4, 0.5) is 0 Å². The summed E-state index contributed by atoms with van der Waals surface area (Å²) in [5.74, 6) is -0.238. The van der Waals surface area contributed by atoms with Crippen LogP contribution in [0, 0.1) is 13.8 Å². The molecule has 1 aromatic carbocycles. The number of aryl methyl sites for hydroxylation is 2. The smallest absolute Gasteiger partial charge is 0.878 e. The van der Waals surface area contributed by atoms with Crippen LogP contribution >= 0.6 is 0 Å².